The van der Waals surface area contributed by atoms with Crippen LogP contribution in [0.25, 0.3) is 0 Å². The maximum Gasteiger partial charge on any atom is 0.0617 e. The monoisotopic (exact) mass is 218 g/mol. The number of fused-ring (bicyclic) bond motifs is 1. The molecule has 1 unspecified atom stereocenters. The predicted octanol–water partition coefficient (Wildman–Crippen LogP) is 3.45. The third-order valence-electron chi connectivity index (χ3n) is 3.37. The van der Waals surface area contributed by atoms with Crippen LogP contribution in [0.4, 0.5) is 11.4 Å². The van der Waals surface area contributed by atoms with E-state index in [1.165, 1.54) is 23.4 Å². The van der Waals surface area contributed by atoms with Crippen LogP contribution in [0.3, 0.4) is 0 Å². The van der Waals surface area contributed by atoms with Crippen LogP contribution >= 0.6 is 0 Å². The summed E-state index contributed by atoms with van der Waals surface area (Å²) in [7, 11) is 4.20. The molecule has 0 aliphatic carbocycles. The van der Waals surface area contributed by atoms with E-state index in [-0.39, 0.29) is 5.54 Å². The van der Waals surface area contributed by atoms with Gasteiger partial charge in [0.1, 0.15) is 0 Å². The van der Waals surface area contributed by atoms with Gasteiger partial charge in [0, 0.05) is 19.6 Å². The Morgan fingerprint density at radius 3 is 2.62 bits per heavy atom. The van der Waals surface area contributed by atoms with Crippen molar-refractivity contribution in [3.05, 3.63) is 23.8 Å². The fourth-order valence-electron chi connectivity index (χ4n) is 2.74. The van der Waals surface area contributed by atoms with Gasteiger partial charge in [-0.05, 0) is 37.8 Å². The van der Waals surface area contributed by atoms with Crippen LogP contribution < -0.4 is 10.2 Å². The van der Waals surface area contributed by atoms with Crippen molar-refractivity contribution in [3.8, 4) is 0 Å². The Hall–Kier alpha value is -1.18. The highest BCUT2D eigenvalue weighted by Gasteiger charge is 2.30. The molecule has 1 aromatic carbocycles. The molecule has 1 atom stereocenters. The van der Waals surface area contributed by atoms with Crippen molar-refractivity contribution < 1.29 is 0 Å². The Morgan fingerprint density at radius 2 is 2.00 bits per heavy atom. The Balaban J connectivity index is 2.53. The van der Waals surface area contributed by atoms with Crippen molar-refractivity contribution in [2.75, 3.05) is 24.3 Å². The van der Waals surface area contributed by atoms with Crippen LogP contribution in [-0.4, -0.2) is 19.6 Å². The number of rotatable bonds is 1. The summed E-state index contributed by atoms with van der Waals surface area (Å²) in [6.07, 6.45) is 1.19. The van der Waals surface area contributed by atoms with Gasteiger partial charge in [-0.15, -0.1) is 0 Å². The first-order valence-electron chi connectivity index (χ1n) is 5.99. The summed E-state index contributed by atoms with van der Waals surface area (Å²) in [4.78, 5) is 2.18. The van der Waals surface area contributed by atoms with E-state index in [1.54, 1.807) is 0 Å². The van der Waals surface area contributed by atoms with E-state index in [4.69, 9.17) is 0 Å². The first kappa shape index (κ1) is 11.3. The largest absolute Gasteiger partial charge is 0.378 e. The molecule has 1 aliphatic rings. The number of anilines is 2. The quantitative estimate of drug-likeness (QED) is 0.776. The summed E-state index contributed by atoms with van der Waals surface area (Å²) in [6.45, 7) is 6.87. The molecule has 88 valence electrons. The van der Waals surface area contributed by atoms with Crippen molar-refractivity contribution >= 4 is 11.4 Å². The van der Waals surface area contributed by atoms with Crippen molar-refractivity contribution in [1.29, 1.82) is 0 Å². The minimum Gasteiger partial charge on any atom is -0.378 e. The minimum atomic E-state index is 0.193. The Bertz CT molecular complexity index is 379. The molecule has 0 spiro atoms. The number of hydrogen-bond donors (Lipinski definition) is 1. The van der Waals surface area contributed by atoms with Crippen molar-refractivity contribution in [2.45, 2.75) is 38.6 Å². The summed E-state index contributed by atoms with van der Waals surface area (Å²) in [5.74, 6) is 0.631. The van der Waals surface area contributed by atoms with E-state index in [1.807, 2.05) is 0 Å². The molecule has 1 heterocycles. The van der Waals surface area contributed by atoms with Gasteiger partial charge in [-0.2, -0.15) is 0 Å². The molecule has 0 radical (unpaired) electrons. The number of para-hydroxylation sites is 1. The first-order chi connectivity index (χ1) is 7.41. The lowest BCUT2D eigenvalue weighted by atomic mass is 9.81. The highest BCUT2D eigenvalue weighted by atomic mass is 15.1. The van der Waals surface area contributed by atoms with Crippen LogP contribution in [0.5, 0.6) is 0 Å². The highest BCUT2D eigenvalue weighted by molar-refractivity contribution is 5.75. The normalized spacial score (nSPS) is 22.2. The Morgan fingerprint density at radius 1 is 1.31 bits per heavy atom. The molecule has 0 bridgehead atoms. The molecule has 1 aliphatic heterocycles. The van der Waals surface area contributed by atoms with Gasteiger partial charge >= 0.3 is 0 Å². The Kier molecular flexibility index (Phi) is 2.61. The molecule has 1 aromatic rings. The number of benzene rings is 1. The first-order valence-corrected chi connectivity index (χ1v) is 5.99. The Labute approximate surface area is 98.7 Å². The molecule has 2 nitrogen and oxygen atoms in total. The van der Waals surface area contributed by atoms with Crippen LogP contribution in [-0.2, 0) is 0 Å². The number of nitrogens with zero attached hydrogens (tertiary/aromatic N) is 1. The van der Waals surface area contributed by atoms with Crippen LogP contribution in [0.2, 0.25) is 0 Å². The highest BCUT2D eigenvalue weighted by Crippen LogP contribution is 2.42. The molecule has 16 heavy (non-hydrogen) atoms. The predicted molar refractivity (Wildman–Crippen MR) is 71.5 cm³/mol. The summed E-state index contributed by atoms with van der Waals surface area (Å²) in [5, 5.41) is 3.67. The van der Waals surface area contributed by atoms with E-state index < -0.39 is 0 Å². The molecule has 2 heteroatoms. The van der Waals surface area contributed by atoms with E-state index in [2.05, 4.69) is 63.3 Å². The molecule has 0 aromatic heterocycles. The van der Waals surface area contributed by atoms with Crippen molar-refractivity contribution in [1.82, 2.24) is 0 Å². The average Bonchev–Trinajstić information content (AvgIpc) is 2.14. The molecular weight excluding hydrogens is 196 g/mol. The van der Waals surface area contributed by atoms with E-state index in [0.29, 0.717) is 5.92 Å². The lowest BCUT2D eigenvalue weighted by molar-refractivity contribution is 0.454. The van der Waals surface area contributed by atoms with E-state index in [9.17, 15) is 0 Å². The van der Waals surface area contributed by atoms with Gasteiger partial charge in [0.05, 0.1) is 11.4 Å². The topological polar surface area (TPSA) is 15.3 Å². The van der Waals surface area contributed by atoms with Gasteiger partial charge < -0.3 is 10.2 Å². The van der Waals surface area contributed by atoms with Gasteiger partial charge in [0.2, 0.25) is 0 Å². The zero-order valence-corrected chi connectivity index (χ0v) is 11.0. The third kappa shape index (κ3) is 1.89. The lowest BCUT2D eigenvalue weighted by Gasteiger charge is -2.39. The summed E-state index contributed by atoms with van der Waals surface area (Å²) in [6, 6.07) is 6.58. The smallest absolute Gasteiger partial charge is 0.0617 e. The molecular formula is C14H22N2. The van der Waals surface area contributed by atoms with E-state index >= 15 is 0 Å². The second-order valence-corrected chi connectivity index (χ2v) is 5.75. The van der Waals surface area contributed by atoms with Gasteiger partial charge in [-0.1, -0.05) is 19.1 Å². The molecule has 2 rings (SSSR count). The zero-order chi connectivity index (χ0) is 11.9. The molecule has 0 saturated carbocycles. The second-order valence-electron chi connectivity index (χ2n) is 5.75. The molecule has 1 N–H and O–H groups in total. The number of hydrogen-bond acceptors (Lipinski definition) is 2. The maximum absolute atomic E-state index is 3.67. The summed E-state index contributed by atoms with van der Waals surface area (Å²) < 4.78 is 0. The van der Waals surface area contributed by atoms with Crippen LogP contribution in [0.15, 0.2) is 18.2 Å². The van der Waals surface area contributed by atoms with Crippen LogP contribution in [0.1, 0.15) is 38.7 Å². The summed E-state index contributed by atoms with van der Waals surface area (Å²) >= 11 is 0. The fraction of sp³-hybridized carbons (Fsp3) is 0.571. The fourth-order valence-corrected chi connectivity index (χ4v) is 2.74. The standard InChI is InChI=1S/C14H22N2/c1-10-9-14(2,3)15-13-11(10)7-6-8-12(13)16(4)5/h6-8,10,15H,9H2,1-5H3. The van der Waals surface area contributed by atoms with Gasteiger partial charge in [0.25, 0.3) is 0 Å². The van der Waals surface area contributed by atoms with Crippen molar-refractivity contribution in [3.63, 3.8) is 0 Å². The molecule has 0 amide bonds. The van der Waals surface area contributed by atoms with Crippen LogP contribution in [0, 0.1) is 0 Å². The SMILES string of the molecule is CC1CC(C)(C)Nc2c1cccc2N(C)C. The zero-order valence-electron chi connectivity index (χ0n) is 11.0. The molecule has 0 saturated heterocycles. The van der Waals surface area contributed by atoms with E-state index in [0.717, 1.165) is 0 Å². The summed E-state index contributed by atoms with van der Waals surface area (Å²) in [5.41, 5.74) is 4.25. The third-order valence-corrected chi connectivity index (χ3v) is 3.37. The lowest BCUT2D eigenvalue weighted by Crippen LogP contribution is -2.37. The maximum atomic E-state index is 3.67. The van der Waals surface area contributed by atoms with Gasteiger partial charge in [-0.25, -0.2) is 0 Å². The average molecular weight is 218 g/mol. The van der Waals surface area contributed by atoms with Gasteiger partial charge in [-0.3, -0.25) is 0 Å². The minimum absolute atomic E-state index is 0.193. The molecule has 0 fully saturated rings. The second kappa shape index (κ2) is 3.69. The number of nitrogens with one attached hydrogen (secondary N) is 1. The van der Waals surface area contributed by atoms with Gasteiger partial charge in [0.15, 0.2) is 0 Å². The van der Waals surface area contributed by atoms with Crippen molar-refractivity contribution in [2.24, 2.45) is 0 Å².